The topological polar surface area (TPSA) is 59.6 Å². The first-order valence-electron chi connectivity index (χ1n) is 9.41. The van der Waals surface area contributed by atoms with Crippen molar-refractivity contribution in [1.29, 1.82) is 0 Å². The first kappa shape index (κ1) is 23.3. The van der Waals surface area contributed by atoms with Crippen LogP contribution >= 0.6 is 39.1 Å². The second-order valence-electron chi connectivity index (χ2n) is 6.70. The number of hydrogen-bond acceptors (Lipinski definition) is 4. The molecule has 0 saturated heterocycles. The van der Waals surface area contributed by atoms with E-state index in [1.54, 1.807) is 25.3 Å². The highest BCUT2D eigenvalue weighted by Crippen LogP contribution is 2.35. The summed E-state index contributed by atoms with van der Waals surface area (Å²) in [4.78, 5) is 11.1. The van der Waals surface area contributed by atoms with E-state index in [1.807, 2.05) is 36.4 Å². The molecule has 0 radical (unpaired) electrons. The van der Waals surface area contributed by atoms with Gasteiger partial charge in [0.15, 0.2) is 11.5 Å². The summed E-state index contributed by atoms with van der Waals surface area (Å²) < 4.78 is 12.3. The van der Waals surface area contributed by atoms with Gasteiger partial charge in [0, 0.05) is 44.9 Å². The van der Waals surface area contributed by atoms with E-state index in [4.69, 9.17) is 32.7 Å². The number of amides is 1. The minimum Gasteiger partial charge on any atom is -0.493 e. The Hall–Kier alpha value is -2.41. The number of methoxy groups -OCH3 is 1. The summed E-state index contributed by atoms with van der Waals surface area (Å²) >= 11 is 16.1. The molecule has 162 valence electrons. The molecule has 0 spiro atoms. The van der Waals surface area contributed by atoms with E-state index >= 15 is 0 Å². The maximum atomic E-state index is 11.1. The molecule has 3 aromatic rings. The molecule has 31 heavy (non-hydrogen) atoms. The van der Waals surface area contributed by atoms with Crippen molar-refractivity contribution in [3.05, 3.63) is 80.2 Å². The van der Waals surface area contributed by atoms with Crippen LogP contribution < -0.4 is 20.1 Å². The molecular weight excluding hydrogens is 503 g/mol. The first-order valence-corrected chi connectivity index (χ1v) is 11.0. The average Bonchev–Trinajstić information content (AvgIpc) is 2.73. The predicted molar refractivity (Wildman–Crippen MR) is 130 cm³/mol. The Morgan fingerprint density at radius 3 is 2.26 bits per heavy atom. The number of nitrogens with one attached hydrogen (secondary N) is 2. The van der Waals surface area contributed by atoms with E-state index in [1.165, 1.54) is 6.92 Å². The number of halogens is 3. The molecule has 0 saturated carbocycles. The van der Waals surface area contributed by atoms with Gasteiger partial charge in [-0.15, -0.1) is 0 Å². The lowest BCUT2D eigenvalue weighted by Crippen LogP contribution is -2.06. The second-order valence-corrected chi connectivity index (χ2v) is 8.36. The molecule has 0 fully saturated rings. The minimum absolute atomic E-state index is 0.101. The average molecular weight is 524 g/mol. The first-order chi connectivity index (χ1) is 14.9. The molecule has 3 rings (SSSR count). The highest BCUT2D eigenvalue weighted by Gasteiger charge is 2.13. The molecule has 2 N–H and O–H groups in total. The zero-order chi connectivity index (χ0) is 22.4. The molecule has 1 amide bonds. The molecule has 0 bridgehead atoms. The molecule has 0 aliphatic heterocycles. The van der Waals surface area contributed by atoms with Crippen molar-refractivity contribution < 1.29 is 14.3 Å². The predicted octanol–water partition coefficient (Wildman–Crippen LogP) is 6.91. The van der Waals surface area contributed by atoms with Crippen LogP contribution in [0.25, 0.3) is 0 Å². The Kier molecular flexibility index (Phi) is 8.07. The van der Waals surface area contributed by atoms with E-state index in [-0.39, 0.29) is 12.5 Å². The highest BCUT2D eigenvalue weighted by molar-refractivity contribution is 9.10. The quantitative estimate of drug-likeness (QED) is 0.336. The number of anilines is 2. The van der Waals surface area contributed by atoms with E-state index in [2.05, 4.69) is 26.6 Å². The van der Waals surface area contributed by atoms with Crippen molar-refractivity contribution in [2.24, 2.45) is 0 Å². The lowest BCUT2D eigenvalue weighted by atomic mass is 10.2. The molecule has 0 aromatic heterocycles. The van der Waals surface area contributed by atoms with Gasteiger partial charge in [-0.3, -0.25) is 4.79 Å². The standard InChI is InChI=1S/C23H21BrCl2N2O3/c1-14(29)28-17-8-6-16(7-9-17)27-12-15-10-22(30-2)23(11-19(15)24)31-13-18-20(25)4-3-5-21(18)26/h3-11,27H,12-13H2,1-2H3,(H,28,29). The Balaban J connectivity index is 1.69. The molecule has 8 heteroatoms. The number of benzene rings is 3. The lowest BCUT2D eigenvalue weighted by molar-refractivity contribution is -0.114. The van der Waals surface area contributed by atoms with Crippen LogP contribution in [0, 0.1) is 0 Å². The van der Waals surface area contributed by atoms with Gasteiger partial charge in [-0.1, -0.05) is 45.2 Å². The van der Waals surface area contributed by atoms with Gasteiger partial charge >= 0.3 is 0 Å². The number of ether oxygens (including phenoxy) is 2. The van der Waals surface area contributed by atoms with E-state index in [0.29, 0.717) is 28.1 Å². The fourth-order valence-electron chi connectivity index (χ4n) is 2.88. The molecular formula is C23H21BrCl2N2O3. The Bertz CT molecular complexity index is 1050. The van der Waals surface area contributed by atoms with Gasteiger partial charge in [-0.05, 0) is 54.1 Å². The summed E-state index contributed by atoms with van der Waals surface area (Å²) in [6.07, 6.45) is 0. The lowest BCUT2D eigenvalue weighted by Gasteiger charge is -2.16. The molecule has 3 aromatic carbocycles. The maximum Gasteiger partial charge on any atom is 0.221 e. The zero-order valence-electron chi connectivity index (χ0n) is 17.0. The summed E-state index contributed by atoms with van der Waals surface area (Å²) in [7, 11) is 1.59. The third kappa shape index (κ3) is 6.29. The van der Waals surface area contributed by atoms with Crippen molar-refractivity contribution in [2.45, 2.75) is 20.1 Å². The zero-order valence-corrected chi connectivity index (χ0v) is 20.1. The van der Waals surface area contributed by atoms with Gasteiger partial charge in [-0.2, -0.15) is 0 Å². The van der Waals surface area contributed by atoms with Crippen LogP contribution in [0.5, 0.6) is 11.5 Å². The summed E-state index contributed by atoms with van der Waals surface area (Å²) in [5.74, 6) is 1.08. The fourth-order valence-corrected chi connectivity index (χ4v) is 3.85. The fraction of sp³-hybridized carbons (Fsp3) is 0.174. The molecule has 0 aliphatic carbocycles. The van der Waals surface area contributed by atoms with Gasteiger partial charge in [0.2, 0.25) is 5.91 Å². The third-order valence-corrected chi connectivity index (χ3v) is 5.90. The summed E-state index contributed by atoms with van der Waals surface area (Å²) in [5.41, 5.74) is 3.39. The van der Waals surface area contributed by atoms with Gasteiger partial charge in [-0.25, -0.2) is 0 Å². The van der Waals surface area contributed by atoms with Crippen molar-refractivity contribution in [2.75, 3.05) is 17.7 Å². The molecule has 0 heterocycles. The van der Waals surface area contributed by atoms with Crippen LogP contribution in [0.2, 0.25) is 10.0 Å². The normalized spacial score (nSPS) is 10.5. The van der Waals surface area contributed by atoms with Gasteiger partial charge < -0.3 is 20.1 Å². The molecule has 0 aliphatic rings. The summed E-state index contributed by atoms with van der Waals surface area (Å²) in [6.45, 7) is 2.26. The van der Waals surface area contributed by atoms with Crippen LogP contribution in [-0.4, -0.2) is 13.0 Å². The maximum absolute atomic E-state index is 11.1. The smallest absolute Gasteiger partial charge is 0.221 e. The Morgan fingerprint density at radius 2 is 1.65 bits per heavy atom. The summed E-state index contributed by atoms with van der Waals surface area (Å²) in [5, 5.41) is 7.20. The van der Waals surface area contributed by atoms with Gasteiger partial charge in [0.25, 0.3) is 0 Å². The third-order valence-electron chi connectivity index (χ3n) is 4.45. The largest absolute Gasteiger partial charge is 0.493 e. The van der Waals surface area contributed by atoms with Gasteiger partial charge in [0.05, 0.1) is 7.11 Å². The van der Waals surface area contributed by atoms with E-state index in [9.17, 15) is 4.79 Å². The van der Waals surface area contributed by atoms with Crippen LogP contribution in [0.15, 0.2) is 59.1 Å². The van der Waals surface area contributed by atoms with Crippen LogP contribution in [0.4, 0.5) is 11.4 Å². The number of hydrogen-bond donors (Lipinski definition) is 2. The minimum atomic E-state index is -0.101. The number of carbonyl (C=O) groups is 1. The van der Waals surface area contributed by atoms with Crippen LogP contribution in [-0.2, 0) is 17.9 Å². The van der Waals surface area contributed by atoms with Gasteiger partial charge in [0.1, 0.15) is 6.61 Å². The van der Waals surface area contributed by atoms with Crippen LogP contribution in [0.3, 0.4) is 0 Å². The SMILES string of the molecule is COc1cc(CNc2ccc(NC(C)=O)cc2)c(Br)cc1OCc1c(Cl)cccc1Cl. The monoisotopic (exact) mass is 522 g/mol. The highest BCUT2D eigenvalue weighted by atomic mass is 79.9. The number of carbonyl (C=O) groups excluding carboxylic acids is 1. The van der Waals surface area contributed by atoms with Crippen LogP contribution in [0.1, 0.15) is 18.1 Å². The van der Waals surface area contributed by atoms with Crippen molar-refractivity contribution in [3.63, 3.8) is 0 Å². The Morgan fingerprint density at radius 1 is 1.00 bits per heavy atom. The molecule has 5 nitrogen and oxygen atoms in total. The van der Waals surface area contributed by atoms with Crippen molar-refractivity contribution in [3.8, 4) is 11.5 Å². The molecule has 0 atom stereocenters. The number of rotatable bonds is 8. The van der Waals surface area contributed by atoms with E-state index < -0.39 is 0 Å². The van der Waals surface area contributed by atoms with Crippen molar-refractivity contribution in [1.82, 2.24) is 0 Å². The Labute approximate surface area is 199 Å². The molecule has 0 unspecified atom stereocenters. The second kappa shape index (κ2) is 10.8. The van der Waals surface area contributed by atoms with Crippen molar-refractivity contribution >= 4 is 56.4 Å². The summed E-state index contributed by atoms with van der Waals surface area (Å²) in [6, 6.07) is 16.6. The van der Waals surface area contributed by atoms with E-state index in [0.717, 1.165) is 27.0 Å².